The van der Waals surface area contributed by atoms with E-state index in [1.807, 2.05) is 6.92 Å². The van der Waals surface area contributed by atoms with Crippen LogP contribution >= 0.6 is 11.6 Å². The van der Waals surface area contributed by atoms with E-state index >= 15 is 0 Å². The van der Waals surface area contributed by atoms with Gasteiger partial charge >= 0.3 is 0 Å². The van der Waals surface area contributed by atoms with Gasteiger partial charge in [0.1, 0.15) is 23.9 Å². The maximum Gasteiger partial charge on any atom is 0.274 e. The lowest BCUT2D eigenvalue weighted by Gasteiger charge is -2.13. The molecule has 9 heteroatoms. The Balaban J connectivity index is 1.59. The number of aromatic amines is 2. The number of imidazole rings is 1. The summed E-state index contributed by atoms with van der Waals surface area (Å²) in [6.45, 7) is 2.48. The Morgan fingerprint density at radius 3 is 2.81 bits per heavy atom. The van der Waals surface area contributed by atoms with Gasteiger partial charge in [-0.25, -0.2) is 4.98 Å². The molecule has 0 aliphatic heterocycles. The number of nitrogens with zero attached hydrogens (tertiary/aromatic N) is 3. The summed E-state index contributed by atoms with van der Waals surface area (Å²) >= 11 is 6.15. The number of aryl methyl sites for hydroxylation is 1. The standard InChI is InChI=1S/C18H20ClN5O3/c1-11-8-20-17(21-11)9-24(2)18(25)15-6-12(22-23-15)10-27-16-5-4-13(26-3)7-14(16)19/h4-8H,9-10H2,1-3H3,(H,20,21)(H,22,23). The van der Waals surface area contributed by atoms with Crippen molar-refractivity contribution in [1.82, 2.24) is 25.1 Å². The SMILES string of the molecule is COc1ccc(OCc2cc(C(=O)N(C)Cc3ncc(C)[nH]3)n[nH]2)c(Cl)c1. The van der Waals surface area contributed by atoms with Crippen LogP contribution < -0.4 is 9.47 Å². The highest BCUT2D eigenvalue weighted by Crippen LogP contribution is 2.29. The van der Waals surface area contributed by atoms with Gasteiger partial charge in [0.15, 0.2) is 5.69 Å². The molecule has 0 unspecified atom stereocenters. The van der Waals surface area contributed by atoms with Gasteiger partial charge in [-0.05, 0) is 25.1 Å². The molecule has 2 aromatic heterocycles. The molecule has 142 valence electrons. The summed E-state index contributed by atoms with van der Waals surface area (Å²) < 4.78 is 10.8. The molecule has 27 heavy (non-hydrogen) atoms. The second-order valence-electron chi connectivity index (χ2n) is 6.04. The van der Waals surface area contributed by atoms with E-state index in [2.05, 4.69) is 20.2 Å². The summed E-state index contributed by atoms with van der Waals surface area (Å²) in [6, 6.07) is 6.81. The zero-order valence-corrected chi connectivity index (χ0v) is 16.0. The molecule has 2 heterocycles. The van der Waals surface area contributed by atoms with Crippen molar-refractivity contribution in [2.75, 3.05) is 14.2 Å². The van der Waals surface area contributed by atoms with Gasteiger partial charge in [0.25, 0.3) is 5.91 Å². The molecule has 2 N–H and O–H groups in total. The zero-order valence-electron chi connectivity index (χ0n) is 15.2. The average Bonchev–Trinajstić information content (AvgIpc) is 3.29. The monoisotopic (exact) mass is 389 g/mol. The van der Waals surface area contributed by atoms with Crippen LogP contribution in [0.4, 0.5) is 0 Å². The van der Waals surface area contributed by atoms with Gasteiger partial charge in [-0.3, -0.25) is 9.89 Å². The van der Waals surface area contributed by atoms with Crippen molar-refractivity contribution >= 4 is 17.5 Å². The first kappa shape index (κ1) is 18.8. The van der Waals surface area contributed by atoms with E-state index in [9.17, 15) is 4.79 Å². The van der Waals surface area contributed by atoms with Crippen LogP contribution in [0.2, 0.25) is 5.02 Å². The summed E-state index contributed by atoms with van der Waals surface area (Å²) in [4.78, 5) is 21.3. The minimum Gasteiger partial charge on any atom is -0.497 e. The highest BCUT2D eigenvalue weighted by molar-refractivity contribution is 6.32. The summed E-state index contributed by atoms with van der Waals surface area (Å²) in [7, 11) is 3.27. The number of benzene rings is 1. The number of carbonyl (C=O) groups excluding carboxylic acids is 1. The number of ether oxygens (including phenoxy) is 2. The molecule has 0 spiro atoms. The maximum absolute atomic E-state index is 12.5. The van der Waals surface area contributed by atoms with Crippen LogP contribution in [0.1, 0.15) is 27.7 Å². The first-order valence-corrected chi connectivity index (χ1v) is 8.60. The van der Waals surface area contributed by atoms with E-state index in [-0.39, 0.29) is 12.5 Å². The number of aromatic nitrogens is 4. The van der Waals surface area contributed by atoms with E-state index in [1.165, 1.54) is 0 Å². The van der Waals surface area contributed by atoms with Gasteiger partial charge in [-0.15, -0.1) is 0 Å². The lowest BCUT2D eigenvalue weighted by Crippen LogP contribution is -2.27. The minimum atomic E-state index is -0.214. The number of carbonyl (C=O) groups is 1. The molecule has 0 saturated heterocycles. The van der Waals surface area contributed by atoms with Crippen LogP contribution in [-0.2, 0) is 13.2 Å². The number of nitrogens with one attached hydrogen (secondary N) is 2. The first-order chi connectivity index (χ1) is 13.0. The number of methoxy groups -OCH3 is 1. The molecule has 0 radical (unpaired) electrons. The highest BCUT2D eigenvalue weighted by atomic mass is 35.5. The van der Waals surface area contributed by atoms with Crippen molar-refractivity contribution in [1.29, 1.82) is 0 Å². The lowest BCUT2D eigenvalue weighted by atomic mass is 10.3. The second kappa shape index (κ2) is 8.13. The van der Waals surface area contributed by atoms with Gasteiger partial charge in [0.2, 0.25) is 0 Å². The molecule has 8 nitrogen and oxygen atoms in total. The van der Waals surface area contributed by atoms with Gasteiger partial charge < -0.3 is 19.4 Å². The third-order valence-corrected chi connectivity index (χ3v) is 4.16. The number of H-pyrrole nitrogens is 2. The summed E-state index contributed by atoms with van der Waals surface area (Å²) in [5.41, 5.74) is 1.91. The Bertz CT molecular complexity index is 937. The number of amides is 1. The fourth-order valence-corrected chi connectivity index (χ4v) is 2.69. The van der Waals surface area contributed by atoms with E-state index in [0.29, 0.717) is 34.5 Å². The average molecular weight is 390 g/mol. The largest absolute Gasteiger partial charge is 0.497 e. The third-order valence-electron chi connectivity index (χ3n) is 3.86. The highest BCUT2D eigenvalue weighted by Gasteiger charge is 2.17. The van der Waals surface area contributed by atoms with Crippen LogP contribution in [-0.4, -0.2) is 45.1 Å². The third kappa shape index (κ3) is 4.59. The van der Waals surface area contributed by atoms with Crippen LogP contribution in [0.5, 0.6) is 11.5 Å². The van der Waals surface area contributed by atoms with Crippen molar-refractivity contribution in [2.45, 2.75) is 20.1 Å². The molecule has 0 aliphatic carbocycles. The molecular formula is C18H20ClN5O3. The topological polar surface area (TPSA) is 96.1 Å². The Kier molecular flexibility index (Phi) is 5.66. The molecule has 3 aromatic rings. The fourth-order valence-electron chi connectivity index (χ4n) is 2.47. The number of hydrogen-bond acceptors (Lipinski definition) is 5. The zero-order chi connectivity index (χ0) is 19.4. The molecule has 0 atom stereocenters. The molecule has 0 bridgehead atoms. The molecule has 0 saturated carbocycles. The molecule has 0 aliphatic rings. The minimum absolute atomic E-state index is 0.202. The van der Waals surface area contributed by atoms with Crippen LogP contribution in [0, 0.1) is 6.92 Å². The number of rotatable bonds is 7. The predicted octanol–water partition coefficient (Wildman–Crippen LogP) is 2.95. The summed E-state index contributed by atoms with van der Waals surface area (Å²) in [5.74, 6) is 1.67. The van der Waals surface area contributed by atoms with Gasteiger partial charge in [-0.1, -0.05) is 11.6 Å². The Hall–Kier alpha value is -3.00. The fraction of sp³-hybridized carbons (Fsp3) is 0.278. The Morgan fingerprint density at radius 2 is 2.15 bits per heavy atom. The van der Waals surface area contributed by atoms with E-state index < -0.39 is 0 Å². The normalized spacial score (nSPS) is 10.7. The van der Waals surface area contributed by atoms with Gasteiger partial charge in [0.05, 0.1) is 24.4 Å². The molecular weight excluding hydrogens is 370 g/mol. The lowest BCUT2D eigenvalue weighted by molar-refractivity contribution is 0.0776. The number of halogens is 1. The molecule has 3 rings (SSSR count). The molecule has 1 aromatic carbocycles. The quantitative estimate of drug-likeness (QED) is 0.647. The van der Waals surface area contributed by atoms with E-state index in [4.69, 9.17) is 21.1 Å². The first-order valence-electron chi connectivity index (χ1n) is 8.23. The predicted molar refractivity (Wildman–Crippen MR) is 100 cm³/mol. The maximum atomic E-state index is 12.5. The molecule has 1 amide bonds. The van der Waals surface area contributed by atoms with Crippen molar-refractivity contribution < 1.29 is 14.3 Å². The van der Waals surface area contributed by atoms with Crippen molar-refractivity contribution in [2.24, 2.45) is 0 Å². The van der Waals surface area contributed by atoms with Crippen LogP contribution in [0.3, 0.4) is 0 Å². The Morgan fingerprint density at radius 1 is 1.33 bits per heavy atom. The number of hydrogen-bond donors (Lipinski definition) is 2. The van der Waals surface area contributed by atoms with Crippen molar-refractivity contribution in [3.8, 4) is 11.5 Å². The van der Waals surface area contributed by atoms with Crippen molar-refractivity contribution in [3.05, 3.63) is 58.4 Å². The Labute approximate surface area is 161 Å². The van der Waals surface area contributed by atoms with Crippen molar-refractivity contribution in [3.63, 3.8) is 0 Å². The molecule has 0 fully saturated rings. The van der Waals surface area contributed by atoms with E-state index in [1.54, 1.807) is 49.5 Å². The summed E-state index contributed by atoms with van der Waals surface area (Å²) in [5, 5.41) is 7.32. The van der Waals surface area contributed by atoms with Gasteiger partial charge in [-0.2, -0.15) is 5.10 Å². The van der Waals surface area contributed by atoms with Crippen LogP contribution in [0.25, 0.3) is 0 Å². The van der Waals surface area contributed by atoms with Crippen LogP contribution in [0.15, 0.2) is 30.5 Å². The van der Waals surface area contributed by atoms with Gasteiger partial charge in [0, 0.05) is 25.0 Å². The smallest absolute Gasteiger partial charge is 0.274 e. The summed E-state index contributed by atoms with van der Waals surface area (Å²) in [6.07, 6.45) is 1.72. The second-order valence-corrected chi connectivity index (χ2v) is 6.44. The van der Waals surface area contributed by atoms with E-state index in [0.717, 1.165) is 11.5 Å².